The lowest BCUT2D eigenvalue weighted by atomic mass is 10.1. The summed E-state index contributed by atoms with van der Waals surface area (Å²) < 4.78 is 15.9. The first-order valence-corrected chi connectivity index (χ1v) is 8.49. The second-order valence-corrected chi connectivity index (χ2v) is 6.06. The Labute approximate surface area is 157 Å². The average molecular weight is 367 g/mol. The van der Waals surface area contributed by atoms with Gasteiger partial charge in [0.25, 0.3) is 5.91 Å². The second-order valence-electron chi connectivity index (χ2n) is 6.06. The highest BCUT2D eigenvalue weighted by Crippen LogP contribution is 2.21. The van der Waals surface area contributed by atoms with Crippen molar-refractivity contribution in [2.75, 3.05) is 13.7 Å². The van der Waals surface area contributed by atoms with E-state index in [2.05, 4.69) is 15.5 Å². The minimum absolute atomic E-state index is 0.0839. The number of aromatic nitrogens is 2. The highest BCUT2D eigenvalue weighted by Gasteiger charge is 2.11. The summed E-state index contributed by atoms with van der Waals surface area (Å²) in [7, 11) is 1.59. The highest BCUT2D eigenvalue weighted by atomic mass is 16.5. The van der Waals surface area contributed by atoms with Gasteiger partial charge in [-0.05, 0) is 49.2 Å². The number of hydrogen-bond acceptors (Lipinski definition) is 6. The van der Waals surface area contributed by atoms with Crippen LogP contribution in [0, 0.1) is 13.8 Å². The van der Waals surface area contributed by atoms with Crippen molar-refractivity contribution >= 4 is 5.91 Å². The van der Waals surface area contributed by atoms with Crippen molar-refractivity contribution in [3.63, 3.8) is 0 Å². The number of nitrogens with one attached hydrogen (secondary N) is 1. The van der Waals surface area contributed by atoms with Gasteiger partial charge in [0, 0.05) is 5.56 Å². The summed E-state index contributed by atoms with van der Waals surface area (Å²) in [6.45, 7) is 4.07. The number of benzene rings is 2. The second kappa shape index (κ2) is 8.35. The Morgan fingerprint density at radius 1 is 1.11 bits per heavy atom. The maximum Gasteiger partial charge on any atom is 0.258 e. The summed E-state index contributed by atoms with van der Waals surface area (Å²) in [5.41, 5.74) is 3.06. The molecular weight excluding hydrogens is 346 g/mol. The molecule has 140 valence electrons. The van der Waals surface area contributed by atoms with Crippen LogP contribution in [0.25, 0.3) is 11.4 Å². The van der Waals surface area contributed by atoms with Crippen molar-refractivity contribution in [3.8, 4) is 22.9 Å². The molecule has 0 aliphatic carbocycles. The molecule has 1 heterocycles. The maximum atomic E-state index is 12.0. The molecule has 2 aromatic carbocycles. The van der Waals surface area contributed by atoms with Gasteiger partial charge in [-0.3, -0.25) is 4.79 Å². The lowest BCUT2D eigenvalue weighted by Gasteiger charge is -2.08. The topological polar surface area (TPSA) is 86.5 Å². The number of ether oxygens (including phenoxy) is 2. The minimum atomic E-state index is -0.269. The van der Waals surface area contributed by atoms with Gasteiger partial charge in [-0.2, -0.15) is 4.98 Å². The van der Waals surface area contributed by atoms with Gasteiger partial charge in [-0.1, -0.05) is 23.4 Å². The molecule has 0 bridgehead atoms. The molecule has 27 heavy (non-hydrogen) atoms. The smallest absolute Gasteiger partial charge is 0.258 e. The molecule has 0 saturated heterocycles. The fraction of sp³-hybridized carbons (Fsp3) is 0.250. The Hall–Kier alpha value is -3.35. The summed E-state index contributed by atoms with van der Waals surface area (Å²) >= 11 is 0. The van der Waals surface area contributed by atoms with E-state index in [9.17, 15) is 4.79 Å². The predicted octanol–water partition coefficient (Wildman–Crippen LogP) is 3.06. The van der Waals surface area contributed by atoms with Crippen LogP contribution in [0.3, 0.4) is 0 Å². The molecule has 0 fully saturated rings. The molecule has 0 spiro atoms. The van der Waals surface area contributed by atoms with E-state index < -0.39 is 0 Å². The Morgan fingerprint density at radius 2 is 1.96 bits per heavy atom. The molecule has 0 saturated carbocycles. The number of carbonyl (C=O) groups excluding carboxylic acids is 1. The number of nitrogens with zero attached hydrogens (tertiary/aromatic N) is 2. The molecule has 3 rings (SSSR count). The number of amides is 1. The first kappa shape index (κ1) is 18.4. The van der Waals surface area contributed by atoms with E-state index in [0.29, 0.717) is 23.2 Å². The first-order chi connectivity index (χ1) is 13.0. The van der Waals surface area contributed by atoms with Crippen LogP contribution in [-0.4, -0.2) is 29.8 Å². The van der Waals surface area contributed by atoms with Gasteiger partial charge < -0.3 is 19.3 Å². The van der Waals surface area contributed by atoms with Crippen molar-refractivity contribution in [1.29, 1.82) is 0 Å². The monoisotopic (exact) mass is 367 g/mol. The molecule has 1 aromatic heterocycles. The van der Waals surface area contributed by atoms with Gasteiger partial charge >= 0.3 is 0 Å². The summed E-state index contributed by atoms with van der Waals surface area (Å²) in [4.78, 5) is 16.2. The maximum absolute atomic E-state index is 12.0. The number of aryl methyl sites for hydroxylation is 2. The van der Waals surface area contributed by atoms with Crippen LogP contribution < -0.4 is 14.8 Å². The normalized spacial score (nSPS) is 10.5. The Balaban J connectivity index is 1.51. The van der Waals surface area contributed by atoms with Crippen molar-refractivity contribution in [1.82, 2.24) is 15.5 Å². The summed E-state index contributed by atoms with van der Waals surface area (Å²) in [5, 5.41) is 6.62. The minimum Gasteiger partial charge on any atom is -0.497 e. The van der Waals surface area contributed by atoms with Crippen molar-refractivity contribution in [2.24, 2.45) is 0 Å². The third kappa shape index (κ3) is 4.84. The van der Waals surface area contributed by atoms with E-state index in [1.54, 1.807) is 7.11 Å². The van der Waals surface area contributed by atoms with Crippen LogP contribution in [0.1, 0.15) is 17.0 Å². The number of rotatable bonds is 7. The van der Waals surface area contributed by atoms with Gasteiger partial charge in [0.1, 0.15) is 11.5 Å². The molecule has 1 N–H and O–H groups in total. The number of methoxy groups -OCH3 is 1. The molecule has 0 radical (unpaired) electrons. The van der Waals surface area contributed by atoms with Crippen LogP contribution in [0.5, 0.6) is 11.5 Å². The van der Waals surface area contributed by atoms with Gasteiger partial charge in [0.2, 0.25) is 11.7 Å². The zero-order valence-corrected chi connectivity index (χ0v) is 15.5. The van der Waals surface area contributed by atoms with E-state index in [-0.39, 0.29) is 19.1 Å². The van der Waals surface area contributed by atoms with Crippen molar-refractivity contribution in [2.45, 2.75) is 20.4 Å². The third-order valence-electron chi connectivity index (χ3n) is 4.08. The number of hydrogen-bond donors (Lipinski definition) is 1. The lowest BCUT2D eigenvalue weighted by molar-refractivity contribution is -0.123. The van der Waals surface area contributed by atoms with Crippen LogP contribution in [0.4, 0.5) is 0 Å². The van der Waals surface area contributed by atoms with E-state index in [1.165, 1.54) is 5.56 Å². The van der Waals surface area contributed by atoms with E-state index in [4.69, 9.17) is 14.0 Å². The van der Waals surface area contributed by atoms with Crippen LogP contribution in [-0.2, 0) is 11.3 Å². The Bertz CT molecular complexity index is 936. The average Bonchev–Trinajstić information content (AvgIpc) is 3.16. The standard InChI is InChI=1S/C20H21N3O4/c1-13-7-8-17(9-14(13)2)26-12-18(24)21-11-19-22-20(23-27-19)15-5-4-6-16(10-15)25-3/h4-10H,11-12H2,1-3H3,(H,21,24). The Kier molecular flexibility index (Phi) is 5.71. The van der Waals surface area contributed by atoms with Gasteiger partial charge in [0.15, 0.2) is 6.61 Å². The summed E-state index contributed by atoms with van der Waals surface area (Å²) in [6, 6.07) is 13.0. The van der Waals surface area contributed by atoms with E-state index in [0.717, 1.165) is 11.1 Å². The molecule has 0 aliphatic rings. The first-order valence-electron chi connectivity index (χ1n) is 8.49. The number of carbonyl (C=O) groups is 1. The molecular formula is C20H21N3O4. The SMILES string of the molecule is COc1cccc(-c2noc(CNC(=O)COc3ccc(C)c(C)c3)n2)c1. The zero-order chi connectivity index (χ0) is 19.2. The Morgan fingerprint density at radius 3 is 2.74 bits per heavy atom. The van der Waals surface area contributed by atoms with E-state index in [1.807, 2.05) is 56.3 Å². The molecule has 3 aromatic rings. The fourth-order valence-corrected chi connectivity index (χ4v) is 2.38. The summed E-state index contributed by atoms with van der Waals surface area (Å²) in [5.74, 6) is 1.84. The molecule has 0 aliphatic heterocycles. The fourth-order valence-electron chi connectivity index (χ4n) is 2.38. The van der Waals surface area contributed by atoms with Crippen LogP contribution in [0.15, 0.2) is 47.0 Å². The molecule has 1 amide bonds. The quantitative estimate of drug-likeness (QED) is 0.691. The largest absolute Gasteiger partial charge is 0.497 e. The molecule has 0 atom stereocenters. The predicted molar refractivity (Wildman–Crippen MR) is 99.5 cm³/mol. The zero-order valence-electron chi connectivity index (χ0n) is 15.5. The molecule has 7 nitrogen and oxygen atoms in total. The van der Waals surface area contributed by atoms with Gasteiger partial charge in [0.05, 0.1) is 13.7 Å². The van der Waals surface area contributed by atoms with Crippen molar-refractivity contribution in [3.05, 3.63) is 59.5 Å². The lowest BCUT2D eigenvalue weighted by Crippen LogP contribution is -2.28. The third-order valence-corrected chi connectivity index (χ3v) is 4.08. The van der Waals surface area contributed by atoms with Gasteiger partial charge in [-0.15, -0.1) is 0 Å². The van der Waals surface area contributed by atoms with E-state index >= 15 is 0 Å². The highest BCUT2D eigenvalue weighted by molar-refractivity contribution is 5.77. The molecule has 7 heteroatoms. The van der Waals surface area contributed by atoms with Gasteiger partial charge in [-0.25, -0.2) is 0 Å². The van der Waals surface area contributed by atoms with Crippen molar-refractivity contribution < 1.29 is 18.8 Å². The summed E-state index contributed by atoms with van der Waals surface area (Å²) in [6.07, 6.45) is 0. The van der Waals surface area contributed by atoms with Crippen LogP contribution in [0.2, 0.25) is 0 Å². The molecule has 0 unspecified atom stereocenters. The van der Waals surface area contributed by atoms with Crippen LogP contribution >= 0.6 is 0 Å².